The minimum absolute atomic E-state index is 0.462. The van der Waals surface area contributed by atoms with Crippen molar-refractivity contribution in [1.82, 2.24) is 15.2 Å². The standard InChI is InChI=1S/C20H20ClN5O/c1-19(2)16-5-3-4-6-17(16)20(21,13-27)26(19)15-9-14(10-22-12-15)11-23-18-7-8-24-25-18/h3-10,12-13H,11H2,1-2H3,(H2,23,24,25). The van der Waals surface area contributed by atoms with Gasteiger partial charge < -0.3 is 10.2 Å². The Kier molecular flexibility index (Phi) is 4.15. The zero-order valence-electron chi connectivity index (χ0n) is 15.1. The van der Waals surface area contributed by atoms with E-state index in [1.807, 2.05) is 41.3 Å². The number of hydrogen-bond acceptors (Lipinski definition) is 5. The lowest BCUT2D eigenvalue weighted by Gasteiger charge is -2.40. The van der Waals surface area contributed by atoms with E-state index in [9.17, 15) is 4.79 Å². The van der Waals surface area contributed by atoms with Crippen LogP contribution in [0.15, 0.2) is 55.0 Å². The van der Waals surface area contributed by atoms with Gasteiger partial charge in [0, 0.05) is 18.3 Å². The minimum atomic E-state index is -1.27. The molecule has 0 bridgehead atoms. The molecule has 6 nitrogen and oxygen atoms in total. The molecule has 2 aromatic heterocycles. The van der Waals surface area contributed by atoms with Gasteiger partial charge in [-0.3, -0.25) is 14.9 Å². The van der Waals surface area contributed by atoms with Gasteiger partial charge in [0.2, 0.25) is 0 Å². The van der Waals surface area contributed by atoms with E-state index in [1.165, 1.54) is 0 Å². The number of nitrogens with one attached hydrogen (secondary N) is 2. The van der Waals surface area contributed by atoms with Crippen molar-refractivity contribution in [2.24, 2.45) is 0 Å². The molecule has 1 aromatic carbocycles. The van der Waals surface area contributed by atoms with Crippen LogP contribution >= 0.6 is 11.6 Å². The summed E-state index contributed by atoms with van der Waals surface area (Å²) in [7, 11) is 0. The molecule has 0 aliphatic carbocycles. The SMILES string of the molecule is CC1(C)c2ccccc2C(Cl)(C=O)N1c1cncc(CNc2ccn[nH]2)c1. The highest BCUT2D eigenvalue weighted by molar-refractivity contribution is 6.33. The number of aldehydes is 1. The molecule has 27 heavy (non-hydrogen) atoms. The molecule has 4 rings (SSSR count). The van der Waals surface area contributed by atoms with Crippen LogP contribution in [0.3, 0.4) is 0 Å². The largest absolute Gasteiger partial charge is 0.366 e. The number of benzene rings is 1. The summed E-state index contributed by atoms with van der Waals surface area (Å²) < 4.78 is 0. The van der Waals surface area contributed by atoms with Crippen LogP contribution in [0.4, 0.5) is 11.5 Å². The molecule has 1 atom stereocenters. The minimum Gasteiger partial charge on any atom is -0.366 e. The van der Waals surface area contributed by atoms with Crippen LogP contribution in [0.2, 0.25) is 0 Å². The fraction of sp³-hybridized carbons (Fsp3) is 0.250. The first-order valence-electron chi connectivity index (χ1n) is 8.69. The summed E-state index contributed by atoms with van der Waals surface area (Å²) in [4.78, 5) is 17.2. The van der Waals surface area contributed by atoms with Gasteiger partial charge in [-0.25, -0.2) is 0 Å². The summed E-state index contributed by atoms with van der Waals surface area (Å²) in [5, 5.41) is 10.0. The molecule has 138 valence electrons. The molecule has 1 aliphatic rings. The van der Waals surface area contributed by atoms with Crippen molar-refractivity contribution in [3.63, 3.8) is 0 Å². The smallest absolute Gasteiger partial charge is 0.197 e. The van der Waals surface area contributed by atoms with E-state index in [0.717, 1.165) is 34.5 Å². The van der Waals surface area contributed by atoms with Gasteiger partial charge in [0.05, 0.1) is 23.6 Å². The van der Waals surface area contributed by atoms with Gasteiger partial charge in [-0.2, -0.15) is 5.10 Å². The first-order valence-corrected chi connectivity index (χ1v) is 9.07. The number of carbonyl (C=O) groups excluding carboxylic acids is 1. The van der Waals surface area contributed by atoms with Crippen LogP contribution in [0, 0.1) is 0 Å². The zero-order chi connectivity index (χ0) is 19.1. The van der Waals surface area contributed by atoms with Gasteiger partial charge in [0.15, 0.2) is 11.3 Å². The lowest BCUT2D eigenvalue weighted by Crippen LogP contribution is -2.47. The lowest BCUT2D eigenvalue weighted by atomic mass is 9.93. The Morgan fingerprint density at radius 3 is 2.70 bits per heavy atom. The lowest BCUT2D eigenvalue weighted by molar-refractivity contribution is -0.110. The second-order valence-corrected chi connectivity index (χ2v) is 7.68. The Morgan fingerprint density at radius 2 is 2.00 bits per heavy atom. The van der Waals surface area contributed by atoms with Crippen LogP contribution in [-0.4, -0.2) is 21.5 Å². The second-order valence-electron chi connectivity index (χ2n) is 7.11. The van der Waals surface area contributed by atoms with Gasteiger partial charge in [-0.15, -0.1) is 0 Å². The maximum absolute atomic E-state index is 12.1. The number of halogens is 1. The third kappa shape index (κ3) is 2.77. The zero-order valence-corrected chi connectivity index (χ0v) is 15.9. The number of nitrogens with zero attached hydrogens (tertiary/aromatic N) is 3. The number of hydrogen-bond donors (Lipinski definition) is 2. The summed E-state index contributed by atoms with van der Waals surface area (Å²) in [5.41, 5.74) is 3.15. The summed E-state index contributed by atoms with van der Waals surface area (Å²) in [6.07, 6.45) is 6.03. The van der Waals surface area contributed by atoms with Crippen LogP contribution in [0.5, 0.6) is 0 Å². The molecule has 1 aliphatic heterocycles. The molecule has 0 saturated heterocycles. The molecule has 1 unspecified atom stereocenters. The van der Waals surface area contributed by atoms with E-state index < -0.39 is 10.5 Å². The average molecular weight is 382 g/mol. The second kappa shape index (κ2) is 6.39. The molecule has 2 N–H and O–H groups in total. The molecule has 0 radical (unpaired) electrons. The number of rotatable bonds is 5. The van der Waals surface area contributed by atoms with Gasteiger partial charge in [-0.1, -0.05) is 35.9 Å². The summed E-state index contributed by atoms with van der Waals surface area (Å²) in [5.74, 6) is 0.828. The molecule has 0 fully saturated rings. The number of aromatic nitrogens is 3. The number of aromatic amines is 1. The van der Waals surface area contributed by atoms with Crippen molar-refractivity contribution in [3.05, 3.63) is 71.7 Å². The molecule has 0 saturated carbocycles. The topological polar surface area (TPSA) is 73.9 Å². The van der Waals surface area contributed by atoms with Crippen LogP contribution in [0.25, 0.3) is 0 Å². The molecule has 0 spiro atoms. The fourth-order valence-electron chi connectivity index (χ4n) is 3.84. The van der Waals surface area contributed by atoms with Gasteiger partial charge >= 0.3 is 0 Å². The normalized spacial score (nSPS) is 20.3. The van der Waals surface area contributed by atoms with Crippen molar-refractivity contribution in [2.75, 3.05) is 10.2 Å². The van der Waals surface area contributed by atoms with Crippen molar-refractivity contribution in [2.45, 2.75) is 30.9 Å². The predicted octanol–water partition coefficient (Wildman–Crippen LogP) is 3.76. The Balaban J connectivity index is 1.72. The van der Waals surface area contributed by atoms with Gasteiger partial charge in [0.1, 0.15) is 5.82 Å². The van der Waals surface area contributed by atoms with E-state index in [1.54, 1.807) is 18.6 Å². The summed E-state index contributed by atoms with van der Waals surface area (Å²) in [6, 6.07) is 11.7. The molecule has 0 amide bonds. The van der Waals surface area contributed by atoms with Crippen LogP contribution in [0.1, 0.15) is 30.5 Å². The number of alkyl halides is 1. The van der Waals surface area contributed by atoms with E-state index in [-0.39, 0.29) is 0 Å². The highest BCUT2D eigenvalue weighted by atomic mass is 35.5. The number of H-pyrrole nitrogens is 1. The Bertz CT molecular complexity index is 972. The maximum atomic E-state index is 12.1. The average Bonchev–Trinajstić information content (AvgIpc) is 3.25. The Labute approximate surface area is 162 Å². The van der Waals surface area contributed by atoms with Gasteiger partial charge in [0.25, 0.3) is 0 Å². The number of pyridine rings is 1. The molecule has 7 heteroatoms. The van der Waals surface area contributed by atoms with Gasteiger partial charge in [-0.05, 0) is 37.1 Å². The Hall–Kier alpha value is -2.86. The van der Waals surface area contributed by atoms with E-state index >= 15 is 0 Å². The highest BCUT2D eigenvalue weighted by Crippen LogP contribution is 2.52. The first-order chi connectivity index (χ1) is 13.0. The molecular weight excluding hydrogens is 362 g/mol. The molecule has 3 heterocycles. The predicted molar refractivity (Wildman–Crippen MR) is 106 cm³/mol. The fourth-order valence-corrected chi connectivity index (χ4v) is 4.31. The van der Waals surface area contributed by atoms with Crippen molar-refractivity contribution in [1.29, 1.82) is 0 Å². The third-order valence-electron chi connectivity index (χ3n) is 5.03. The van der Waals surface area contributed by atoms with Crippen LogP contribution < -0.4 is 10.2 Å². The first kappa shape index (κ1) is 17.5. The van der Waals surface area contributed by atoms with E-state index in [0.29, 0.717) is 6.54 Å². The van der Waals surface area contributed by atoms with Crippen molar-refractivity contribution < 1.29 is 4.79 Å². The molecular formula is C20H20ClN5O. The third-order valence-corrected chi connectivity index (χ3v) is 5.49. The van der Waals surface area contributed by atoms with Crippen LogP contribution in [-0.2, 0) is 21.9 Å². The number of carbonyl (C=O) groups is 1. The monoisotopic (exact) mass is 381 g/mol. The number of anilines is 2. The quantitative estimate of drug-likeness (QED) is 0.400. The molecule has 3 aromatic rings. The van der Waals surface area contributed by atoms with E-state index in [2.05, 4.69) is 34.3 Å². The van der Waals surface area contributed by atoms with E-state index in [4.69, 9.17) is 11.6 Å². The number of fused-ring (bicyclic) bond motifs is 1. The Morgan fingerprint density at radius 1 is 1.22 bits per heavy atom. The highest BCUT2D eigenvalue weighted by Gasteiger charge is 2.53. The van der Waals surface area contributed by atoms with Crippen molar-refractivity contribution in [3.8, 4) is 0 Å². The summed E-state index contributed by atoms with van der Waals surface area (Å²) >= 11 is 6.88. The summed E-state index contributed by atoms with van der Waals surface area (Å²) in [6.45, 7) is 4.70. The van der Waals surface area contributed by atoms with Crippen molar-refractivity contribution >= 4 is 29.4 Å². The maximum Gasteiger partial charge on any atom is 0.197 e.